The number of esters is 1. The van der Waals surface area contributed by atoms with Crippen molar-refractivity contribution in [2.24, 2.45) is 0 Å². The van der Waals surface area contributed by atoms with Crippen LogP contribution >= 0.6 is 0 Å². The summed E-state index contributed by atoms with van der Waals surface area (Å²) >= 11 is 0. The Morgan fingerprint density at radius 2 is 1.93 bits per heavy atom. The van der Waals surface area contributed by atoms with Crippen LogP contribution in [0.3, 0.4) is 0 Å². The van der Waals surface area contributed by atoms with Crippen molar-refractivity contribution < 1.29 is 19.1 Å². The first-order chi connectivity index (χ1) is 13.6. The molecule has 0 spiro atoms. The second kappa shape index (κ2) is 8.90. The summed E-state index contributed by atoms with van der Waals surface area (Å²) in [6, 6.07) is 15.3. The fourth-order valence-electron chi connectivity index (χ4n) is 2.89. The van der Waals surface area contributed by atoms with Crippen molar-refractivity contribution in [2.45, 2.75) is 13.5 Å². The first kappa shape index (κ1) is 19.2. The molecule has 1 amide bonds. The molecule has 6 nitrogen and oxygen atoms in total. The van der Waals surface area contributed by atoms with Crippen LogP contribution in [0.1, 0.15) is 12.5 Å². The Kier molecular flexibility index (Phi) is 6.11. The zero-order valence-electron chi connectivity index (χ0n) is 15.8. The molecular weight excluding hydrogens is 356 g/mol. The summed E-state index contributed by atoms with van der Waals surface area (Å²) in [4.78, 5) is 23.2. The van der Waals surface area contributed by atoms with E-state index in [9.17, 15) is 9.59 Å². The van der Waals surface area contributed by atoms with Crippen LogP contribution in [0, 0.1) is 0 Å². The molecule has 0 aliphatic heterocycles. The molecule has 0 radical (unpaired) electrons. The number of hydrogen-bond acceptors (Lipinski definition) is 4. The number of para-hydroxylation sites is 1. The average molecular weight is 378 g/mol. The van der Waals surface area contributed by atoms with Crippen LogP contribution in [0.25, 0.3) is 17.0 Å². The molecular formula is C22H22N2O4. The molecule has 0 fully saturated rings. The number of rotatable bonds is 7. The maximum Gasteiger partial charge on any atom is 0.308 e. The maximum absolute atomic E-state index is 12.1. The van der Waals surface area contributed by atoms with E-state index in [0.717, 1.165) is 11.1 Å². The zero-order chi connectivity index (χ0) is 19.9. The number of nitrogens with zero attached hydrogens (tertiary/aromatic N) is 1. The first-order valence-electron chi connectivity index (χ1n) is 8.93. The van der Waals surface area contributed by atoms with Gasteiger partial charge >= 0.3 is 5.97 Å². The van der Waals surface area contributed by atoms with E-state index >= 15 is 0 Å². The third-order valence-electron chi connectivity index (χ3n) is 4.20. The topological polar surface area (TPSA) is 69.6 Å². The quantitative estimate of drug-likeness (QED) is 0.389. The predicted molar refractivity (Wildman–Crippen MR) is 108 cm³/mol. The number of hydrogen-bond donors (Lipinski definition) is 1. The summed E-state index contributed by atoms with van der Waals surface area (Å²) in [6.45, 7) is 2.54. The number of aromatic nitrogens is 1. The molecule has 0 bridgehead atoms. The van der Waals surface area contributed by atoms with Crippen LogP contribution in [-0.2, 0) is 16.1 Å². The molecule has 1 N–H and O–H groups in total. The molecule has 0 atom stereocenters. The lowest BCUT2D eigenvalue weighted by molar-refractivity contribution is -0.132. The minimum atomic E-state index is -0.420. The van der Waals surface area contributed by atoms with Gasteiger partial charge in [0.15, 0.2) is 11.5 Å². The van der Waals surface area contributed by atoms with Crippen molar-refractivity contribution in [3.05, 3.63) is 66.4 Å². The third kappa shape index (κ3) is 4.79. The average Bonchev–Trinajstić information content (AvgIpc) is 3.10. The van der Waals surface area contributed by atoms with Crippen molar-refractivity contribution >= 4 is 28.9 Å². The van der Waals surface area contributed by atoms with Gasteiger partial charge in [0.1, 0.15) is 0 Å². The summed E-state index contributed by atoms with van der Waals surface area (Å²) in [5.41, 5.74) is 1.91. The maximum atomic E-state index is 12.1. The highest BCUT2D eigenvalue weighted by Crippen LogP contribution is 2.28. The monoisotopic (exact) mass is 378 g/mol. The van der Waals surface area contributed by atoms with Crippen LogP contribution < -0.4 is 14.8 Å². The summed E-state index contributed by atoms with van der Waals surface area (Å²) in [5, 5.41) is 4.06. The Hall–Kier alpha value is -3.54. The molecule has 6 heteroatoms. The van der Waals surface area contributed by atoms with E-state index < -0.39 is 5.97 Å². The molecule has 0 aliphatic rings. The highest BCUT2D eigenvalue weighted by Gasteiger charge is 2.07. The molecule has 144 valence electrons. The second-order valence-electron chi connectivity index (χ2n) is 6.20. The Balaban J connectivity index is 1.55. The molecule has 0 saturated carbocycles. The van der Waals surface area contributed by atoms with Crippen LogP contribution in [0.4, 0.5) is 0 Å². The van der Waals surface area contributed by atoms with Crippen LogP contribution in [0.15, 0.2) is 60.8 Å². The molecule has 28 heavy (non-hydrogen) atoms. The van der Waals surface area contributed by atoms with Gasteiger partial charge in [0.2, 0.25) is 5.91 Å². The summed E-state index contributed by atoms with van der Waals surface area (Å²) < 4.78 is 12.4. The van der Waals surface area contributed by atoms with Gasteiger partial charge < -0.3 is 19.4 Å². The number of ether oxygens (including phenoxy) is 2. The van der Waals surface area contributed by atoms with Gasteiger partial charge in [-0.15, -0.1) is 0 Å². The molecule has 0 aliphatic carbocycles. The van der Waals surface area contributed by atoms with Gasteiger partial charge in [-0.3, -0.25) is 9.59 Å². The van der Waals surface area contributed by atoms with E-state index in [4.69, 9.17) is 9.47 Å². The number of benzene rings is 2. The smallest absolute Gasteiger partial charge is 0.308 e. The molecule has 1 aromatic heterocycles. The Bertz CT molecular complexity index is 1020. The minimum absolute atomic E-state index is 0.181. The van der Waals surface area contributed by atoms with E-state index in [2.05, 4.69) is 28.1 Å². The van der Waals surface area contributed by atoms with E-state index in [1.165, 1.54) is 25.5 Å². The van der Waals surface area contributed by atoms with Gasteiger partial charge in [-0.05, 0) is 41.3 Å². The van der Waals surface area contributed by atoms with Crippen LogP contribution in [0.2, 0.25) is 0 Å². The molecule has 3 aromatic rings. The van der Waals surface area contributed by atoms with Gasteiger partial charge in [0.05, 0.1) is 7.11 Å². The van der Waals surface area contributed by atoms with Gasteiger partial charge in [0, 0.05) is 37.8 Å². The molecule has 3 rings (SSSR count). The number of methoxy groups -OCH3 is 1. The van der Waals surface area contributed by atoms with Crippen molar-refractivity contribution in [3.63, 3.8) is 0 Å². The normalized spacial score (nSPS) is 10.9. The van der Waals surface area contributed by atoms with Crippen molar-refractivity contribution in [2.75, 3.05) is 13.7 Å². The largest absolute Gasteiger partial charge is 0.493 e. The summed E-state index contributed by atoms with van der Waals surface area (Å²) in [7, 11) is 1.49. The fourth-order valence-corrected chi connectivity index (χ4v) is 2.89. The van der Waals surface area contributed by atoms with E-state index in [1.807, 2.05) is 18.3 Å². The van der Waals surface area contributed by atoms with Crippen molar-refractivity contribution in [1.82, 2.24) is 9.88 Å². The van der Waals surface area contributed by atoms with Crippen LogP contribution in [0.5, 0.6) is 11.5 Å². The lowest BCUT2D eigenvalue weighted by Crippen LogP contribution is -2.25. The Morgan fingerprint density at radius 1 is 1.11 bits per heavy atom. The Labute approximate surface area is 163 Å². The van der Waals surface area contributed by atoms with Gasteiger partial charge in [-0.25, -0.2) is 0 Å². The van der Waals surface area contributed by atoms with Crippen LogP contribution in [-0.4, -0.2) is 30.1 Å². The number of fused-ring (bicyclic) bond motifs is 1. The SMILES string of the molecule is COc1cc(/C=C/C(=O)NCCn2ccc3ccccc32)ccc1OC(C)=O. The standard InChI is InChI=1S/C22H22N2O4/c1-16(25)28-20-9-7-17(15-21(20)27-2)8-10-22(26)23-12-14-24-13-11-18-5-3-4-6-19(18)24/h3-11,13,15H,12,14H2,1-2H3,(H,23,26)/b10-8+. The third-order valence-corrected chi connectivity index (χ3v) is 4.20. The molecule has 0 saturated heterocycles. The number of carbonyl (C=O) groups is 2. The van der Waals surface area contributed by atoms with Gasteiger partial charge in [-0.2, -0.15) is 0 Å². The lowest BCUT2D eigenvalue weighted by atomic mass is 10.2. The fraction of sp³-hybridized carbons (Fsp3) is 0.182. The van der Waals surface area contributed by atoms with Crippen molar-refractivity contribution in [3.8, 4) is 11.5 Å². The predicted octanol–water partition coefficient (Wildman–Crippen LogP) is 3.40. The van der Waals surface area contributed by atoms with Gasteiger partial charge in [-0.1, -0.05) is 24.3 Å². The van der Waals surface area contributed by atoms with E-state index in [-0.39, 0.29) is 5.91 Å². The number of carbonyl (C=O) groups excluding carboxylic acids is 2. The van der Waals surface area contributed by atoms with Gasteiger partial charge in [0.25, 0.3) is 0 Å². The zero-order valence-corrected chi connectivity index (χ0v) is 15.8. The molecule has 0 unspecified atom stereocenters. The lowest BCUT2D eigenvalue weighted by Gasteiger charge is -2.08. The highest BCUT2D eigenvalue weighted by molar-refractivity contribution is 5.91. The minimum Gasteiger partial charge on any atom is -0.493 e. The van der Waals surface area contributed by atoms with E-state index in [0.29, 0.717) is 24.6 Å². The molecule has 2 aromatic carbocycles. The van der Waals surface area contributed by atoms with Crippen molar-refractivity contribution in [1.29, 1.82) is 0 Å². The highest BCUT2D eigenvalue weighted by atomic mass is 16.6. The summed E-state index contributed by atoms with van der Waals surface area (Å²) in [5.74, 6) is 0.170. The number of nitrogens with one attached hydrogen (secondary N) is 1. The number of amides is 1. The molecule has 1 heterocycles. The first-order valence-corrected chi connectivity index (χ1v) is 8.93. The second-order valence-corrected chi connectivity index (χ2v) is 6.20. The Morgan fingerprint density at radius 3 is 2.71 bits per heavy atom. The van der Waals surface area contributed by atoms with E-state index in [1.54, 1.807) is 24.3 Å². The summed E-state index contributed by atoms with van der Waals surface area (Å²) in [6.07, 6.45) is 5.16.